The second-order valence-corrected chi connectivity index (χ2v) is 7.15. The molecule has 170 valence electrons. The van der Waals surface area contributed by atoms with E-state index in [1.165, 1.54) is 10.9 Å². The number of ether oxygens (including phenoxy) is 2. The number of benzene rings is 1. The third-order valence-electron chi connectivity index (χ3n) is 4.84. The van der Waals surface area contributed by atoms with Crippen LogP contribution in [0.1, 0.15) is 18.2 Å². The minimum absolute atomic E-state index is 0.170. The van der Waals surface area contributed by atoms with Gasteiger partial charge in [-0.2, -0.15) is 9.78 Å². The zero-order chi connectivity index (χ0) is 23.4. The van der Waals surface area contributed by atoms with Crippen LogP contribution < -0.4 is 20.3 Å². The first-order chi connectivity index (χ1) is 15.9. The van der Waals surface area contributed by atoms with Gasteiger partial charge in [0, 0.05) is 17.3 Å². The van der Waals surface area contributed by atoms with Gasteiger partial charge >= 0.3 is 0 Å². The lowest BCUT2D eigenvalue weighted by atomic mass is 10.3. The number of anilines is 1. The normalized spacial score (nSPS) is 10.8. The van der Waals surface area contributed by atoms with Gasteiger partial charge in [-0.15, -0.1) is 0 Å². The fourth-order valence-electron chi connectivity index (χ4n) is 3.03. The fourth-order valence-corrected chi connectivity index (χ4v) is 3.03. The van der Waals surface area contributed by atoms with Crippen molar-refractivity contribution in [2.75, 3.05) is 18.5 Å². The van der Waals surface area contributed by atoms with E-state index < -0.39 is 5.91 Å². The van der Waals surface area contributed by atoms with Crippen LogP contribution in [-0.2, 0) is 4.79 Å². The SMILES string of the molecule is CCOc1ccc(OCC(=O)Nc2cc(-c3ccco3)nn2-c2nc(C)c(C)c(=O)[nH]2)cc1. The van der Waals surface area contributed by atoms with Crippen LogP contribution in [0, 0.1) is 13.8 Å². The summed E-state index contributed by atoms with van der Waals surface area (Å²) in [4.78, 5) is 32.0. The highest BCUT2D eigenvalue weighted by Gasteiger charge is 2.18. The van der Waals surface area contributed by atoms with Crippen molar-refractivity contribution in [3.63, 3.8) is 0 Å². The van der Waals surface area contributed by atoms with Crippen molar-refractivity contribution in [2.24, 2.45) is 0 Å². The monoisotopic (exact) mass is 449 g/mol. The zero-order valence-corrected chi connectivity index (χ0v) is 18.4. The quantitative estimate of drug-likeness (QED) is 0.423. The number of aryl methyl sites for hydroxylation is 1. The van der Waals surface area contributed by atoms with Crippen LogP contribution in [0.15, 0.2) is 57.9 Å². The molecule has 0 aliphatic rings. The second-order valence-electron chi connectivity index (χ2n) is 7.15. The van der Waals surface area contributed by atoms with E-state index in [1.54, 1.807) is 56.3 Å². The van der Waals surface area contributed by atoms with Gasteiger partial charge < -0.3 is 19.2 Å². The van der Waals surface area contributed by atoms with Crippen LogP contribution in [0.3, 0.4) is 0 Å². The molecule has 4 aromatic rings. The maximum atomic E-state index is 12.6. The van der Waals surface area contributed by atoms with E-state index in [1.807, 2.05) is 6.92 Å². The molecule has 3 aromatic heterocycles. The molecule has 0 aliphatic heterocycles. The molecule has 0 spiro atoms. The van der Waals surface area contributed by atoms with Gasteiger partial charge in [-0.25, -0.2) is 4.98 Å². The third kappa shape index (κ3) is 4.95. The minimum atomic E-state index is -0.415. The number of amides is 1. The lowest BCUT2D eigenvalue weighted by Crippen LogP contribution is -2.23. The molecule has 4 rings (SSSR count). The van der Waals surface area contributed by atoms with Crippen molar-refractivity contribution in [1.82, 2.24) is 19.7 Å². The first kappa shape index (κ1) is 21.9. The number of furan rings is 1. The second kappa shape index (κ2) is 9.43. The van der Waals surface area contributed by atoms with Crippen molar-refractivity contribution in [3.05, 3.63) is 70.3 Å². The number of aromatic nitrogens is 4. The van der Waals surface area contributed by atoms with E-state index in [2.05, 4.69) is 20.4 Å². The number of hydrogen-bond donors (Lipinski definition) is 2. The highest BCUT2D eigenvalue weighted by Crippen LogP contribution is 2.24. The van der Waals surface area contributed by atoms with Gasteiger partial charge in [-0.05, 0) is 57.2 Å². The topological polar surface area (TPSA) is 124 Å². The van der Waals surface area contributed by atoms with Crippen LogP contribution in [0.25, 0.3) is 17.4 Å². The molecule has 0 saturated heterocycles. The largest absolute Gasteiger partial charge is 0.494 e. The Bertz CT molecular complexity index is 1310. The predicted octanol–water partition coefficient (Wildman–Crippen LogP) is 3.25. The van der Waals surface area contributed by atoms with Gasteiger partial charge in [-0.3, -0.25) is 14.6 Å². The summed E-state index contributed by atoms with van der Waals surface area (Å²) in [7, 11) is 0. The van der Waals surface area contributed by atoms with Gasteiger partial charge in [0.25, 0.3) is 11.5 Å². The summed E-state index contributed by atoms with van der Waals surface area (Å²) in [6.07, 6.45) is 1.52. The molecule has 0 unspecified atom stereocenters. The van der Waals surface area contributed by atoms with Crippen LogP contribution in [0.4, 0.5) is 5.82 Å². The number of hydrogen-bond acceptors (Lipinski definition) is 7. The van der Waals surface area contributed by atoms with Crippen molar-refractivity contribution in [3.8, 4) is 28.9 Å². The average Bonchev–Trinajstić information content (AvgIpc) is 3.47. The molecule has 1 aromatic carbocycles. The Labute approximate surface area is 189 Å². The molecular formula is C23H23N5O5. The van der Waals surface area contributed by atoms with Gasteiger partial charge in [0.05, 0.1) is 12.9 Å². The van der Waals surface area contributed by atoms with Gasteiger partial charge in [0.1, 0.15) is 23.0 Å². The Morgan fingerprint density at radius 2 is 1.88 bits per heavy atom. The van der Waals surface area contributed by atoms with Crippen molar-refractivity contribution >= 4 is 11.7 Å². The van der Waals surface area contributed by atoms with Crippen molar-refractivity contribution < 1.29 is 18.7 Å². The summed E-state index contributed by atoms with van der Waals surface area (Å²) in [5.74, 6) is 1.80. The van der Waals surface area contributed by atoms with Crippen LogP contribution >= 0.6 is 0 Å². The van der Waals surface area contributed by atoms with E-state index in [9.17, 15) is 9.59 Å². The Kier molecular flexibility index (Phi) is 6.25. The first-order valence-electron chi connectivity index (χ1n) is 10.3. The molecule has 0 atom stereocenters. The summed E-state index contributed by atoms with van der Waals surface area (Å²) >= 11 is 0. The van der Waals surface area contributed by atoms with Crippen LogP contribution in [0.2, 0.25) is 0 Å². The van der Waals surface area contributed by atoms with Gasteiger partial charge in [0.2, 0.25) is 5.95 Å². The molecule has 0 fully saturated rings. The van der Waals surface area contributed by atoms with E-state index in [4.69, 9.17) is 13.9 Å². The number of nitrogens with one attached hydrogen (secondary N) is 2. The standard InChI is InChI=1S/C23H23N5O5/c1-4-31-16-7-9-17(10-8-16)33-13-21(29)25-20-12-18(19-6-5-11-32-19)27-28(20)23-24-15(3)14(2)22(30)26-23/h5-12H,4,13H2,1-3H3,(H,25,29)(H,24,26,30). The molecular weight excluding hydrogens is 426 g/mol. The Morgan fingerprint density at radius 1 is 1.15 bits per heavy atom. The fraction of sp³-hybridized carbons (Fsp3) is 0.217. The predicted molar refractivity (Wildman–Crippen MR) is 121 cm³/mol. The Morgan fingerprint density at radius 3 is 2.52 bits per heavy atom. The molecule has 3 heterocycles. The number of rotatable bonds is 8. The summed E-state index contributed by atoms with van der Waals surface area (Å²) in [6, 6.07) is 12.1. The molecule has 10 nitrogen and oxygen atoms in total. The van der Waals surface area contributed by atoms with Crippen molar-refractivity contribution in [1.29, 1.82) is 0 Å². The molecule has 0 aliphatic carbocycles. The third-order valence-corrected chi connectivity index (χ3v) is 4.84. The highest BCUT2D eigenvalue weighted by atomic mass is 16.5. The number of aromatic amines is 1. The van der Waals surface area contributed by atoms with Gasteiger partial charge in [-0.1, -0.05) is 0 Å². The maximum absolute atomic E-state index is 12.6. The smallest absolute Gasteiger partial charge is 0.263 e. The van der Waals surface area contributed by atoms with Crippen LogP contribution in [-0.4, -0.2) is 38.9 Å². The van der Waals surface area contributed by atoms with E-state index in [-0.39, 0.29) is 18.1 Å². The maximum Gasteiger partial charge on any atom is 0.263 e. The van der Waals surface area contributed by atoms with E-state index in [0.717, 1.165) is 5.75 Å². The number of nitrogens with zero attached hydrogens (tertiary/aromatic N) is 3. The molecule has 0 bridgehead atoms. The summed E-state index contributed by atoms with van der Waals surface area (Å²) < 4.78 is 17.7. The summed E-state index contributed by atoms with van der Waals surface area (Å²) in [5, 5.41) is 7.21. The molecule has 0 saturated carbocycles. The van der Waals surface area contributed by atoms with Gasteiger partial charge in [0.15, 0.2) is 12.4 Å². The number of H-pyrrole nitrogens is 1. The van der Waals surface area contributed by atoms with Crippen LogP contribution in [0.5, 0.6) is 11.5 Å². The summed E-state index contributed by atoms with van der Waals surface area (Å²) in [6.45, 7) is 5.65. The molecule has 2 N–H and O–H groups in total. The Hall–Kier alpha value is -4.34. The summed E-state index contributed by atoms with van der Waals surface area (Å²) in [5.41, 5.74) is 1.23. The number of carbonyl (C=O) groups is 1. The lowest BCUT2D eigenvalue weighted by Gasteiger charge is -2.10. The minimum Gasteiger partial charge on any atom is -0.494 e. The van der Waals surface area contributed by atoms with Crippen molar-refractivity contribution in [2.45, 2.75) is 20.8 Å². The highest BCUT2D eigenvalue weighted by molar-refractivity contribution is 5.91. The molecule has 0 radical (unpaired) electrons. The molecule has 33 heavy (non-hydrogen) atoms. The van der Waals surface area contributed by atoms with E-state index in [0.29, 0.717) is 40.9 Å². The average molecular weight is 449 g/mol. The van der Waals surface area contributed by atoms with E-state index >= 15 is 0 Å². The number of carbonyl (C=O) groups excluding carboxylic acids is 1. The Balaban J connectivity index is 1.56. The first-order valence-corrected chi connectivity index (χ1v) is 10.3. The molecule has 10 heteroatoms. The molecule has 1 amide bonds. The zero-order valence-electron chi connectivity index (χ0n) is 18.4. The lowest BCUT2D eigenvalue weighted by molar-refractivity contribution is -0.118.